The molecule has 84 valence electrons. The molecule has 0 spiro atoms. The van der Waals surface area contributed by atoms with E-state index >= 15 is 0 Å². The van der Waals surface area contributed by atoms with Gasteiger partial charge in [-0.25, -0.2) is 4.98 Å². The molecule has 2 N–H and O–H groups in total. The number of hydrogen-bond acceptors (Lipinski definition) is 3. The van der Waals surface area contributed by atoms with Gasteiger partial charge in [0.15, 0.2) is 0 Å². The summed E-state index contributed by atoms with van der Waals surface area (Å²) in [4.78, 5) is 7.66. The first kappa shape index (κ1) is 9.81. The van der Waals surface area contributed by atoms with Crippen molar-refractivity contribution in [2.75, 3.05) is 20.3 Å². The van der Waals surface area contributed by atoms with Crippen LogP contribution in [-0.4, -0.2) is 30.2 Å². The van der Waals surface area contributed by atoms with Crippen molar-refractivity contribution in [3.05, 3.63) is 29.6 Å². The predicted molar refractivity (Wildman–Crippen MR) is 62.4 cm³/mol. The number of H-pyrrole nitrogens is 1. The molecule has 1 aliphatic rings. The first-order chi connectivity index (χ1) is 7.73. The molecule has 0 aliphatic carbocycles. The normalized spacial score (nSPS) is 18.6. The predicted octanol–water partition coefficient (Wildman–Crippen LogP) is 1.32. The van der Waals surface area contributed by atoms with Gasteiger partial charge in [0.05, 0.1) is 29.8 Å². The van der Waals surface area contributed by atoms with Crippen molar-refractivity contribution in [2.24, 2.45) is 0 Å². The maximum Gasteiger partial charge on any atom is 0.104 e. The highest BCUT2D eigenvalue weighted by Gasteiger charge is 2.38. The van der Waals surface area contributed by atoms with Crippen LogP contribution >= 0.6 is 0 Å². The van der Waals surface area contributed by atoms with Crippen molar-refractivity contribution in [1.29, 1.82) is 0 Å². The molecule has 16 heavy (non-hydrogen) atoms. The summed E-state index contributed by atoms with van der Waals surface area (Å²) >= 11 is 0. The second kappa shape index (κ2) is 3.30. The Kier molecular flexibility index (Phi) is 2.02. The van der Waals surface area contributed by atoms with E-state index in [9.17, 15) is 0 Å². The SMILES string of the molecule is CNC1(c2ccc3nc(C)[nH]c3c2)COC1. The fourth-order valence-electron chi connectivity index (χ4n) is 2.20. The van der Waals surface area contributed by atoms with E-state index in [1.807, 2.05) is 14.0 Å². The Morgan fingerprint density at radius 2 is 2.25 bits per heavy atom. The molecule has 1 fully saturated rings. The quantitative estimate of drug-likeness (QED) is 0.797. The molecular weight excluding hydrogens is 202 g/mol. The van der Waals surface area contributed by atoms with Gasteiger partial charge in [0, 0.05) is 0 Å². The Bertz CT molecular complexity index is 523. The van der Waals surface area contributed by atoms with Crippen LogP contribution in [-0.2, 0) is 10.3 Å². The van der Waals surface area contributed by atoms with Gasteiger partial charge in [-0.1, -0.05) is 6.07 Å². The van der Waals surface area contributed by atoms with Gasteiger partial charge in [0.2, 0.25) is 0 Å². The van der Waals surface area contributed by atoms with Crippen LogP contribution in [0.15, 0.2) is 18.2 Å². The number of nitrogens with one attached hydrogen (secondary N) is 2. The summed E-state index contributed by atoms with van der Waals surface area (Å²) in [6.07, 6.45) is 0. The third-order valence-corrected chi connectivity index (χ3v) is 3.33. The summed E-state index contributed by atoms with van der Waals surface area (Å²) in [5, 5.41) is 3.34. The number of aromatic amines is 1. The smallest absolute Gasteiger partial charge is 0.104 e. The van der Waals surface area contributed by atoms with E-state index in [-0.39, 0.29) is 5.54 Å². The largest absolute Gasteiger partial charge is 0.377 e. The third-order valence-electron chi connectivity index (χ3n) is 3.33. The van der Waals surface area contributed by atoms with Crippen molar-refractivity contribution < 1.29 is 4.74 Å². The Balaban J connectivity index is 2.10. The van der Waals surface area contributed by atoms with Crippen molar-refractivity contribution in [3.8, 4) is 0 Å². The lowest BCUT2D eigenvalue weighted by Gasteiger charge is -2.41. The van der Waals surface area contributed by atoms with E-state index in [0.717, 1.165) is 30.1 Å². The van der Waals surface area contributed by atoms with Gasteiger partial charge in [0.25, 0.3) is 0 Å². The van der Waals surface area contributed by atoms with E-state index in [0.29, 0.717) is 0 Å². The lowest BCUT2D eigenvalue weighted by atomic mass is 9.88. The van der Waals surface area contributed by atoms with E-state index in [1.165, 1.54) is 5.56 Å². The molecule has 1 aromatic carbocycles. The average Bonchev–Trinajstić information content (AvgIpc) is 2.56. The number of ether oxygens (including phenoxy) is 1. The van der Waals surface area contributed by atoms with E-state index in [4.69, 9.17) is 4.74 Å². The van der Waals surface area contributed by atoms with Crippen molar-refractivity contribution in [1.82, 2.24) is 15.3 Å². The molecule has 2 heterocycles. The van der Waals surface area contributed by atoms with Crippen LogP contribution in [0.3, 0.4) is 0 Å². The molecule has 0 amide bonds. The van der Waals surface area contributed by atoms with Crippen LogP contribution in [0.2, 0.25) is 0 Å². The number of aryl methyl sites for hydroxylation is 1. The van der Waals surface area contributed by atoms with Crippen molar-refractivity contribution in [2.45, 2.75) is 12.5 Å². The second-order valence-corrected chi connectivity index (χ2v) is 4.38. The number of likely N-dealkylation sites (N-methyl/N-ethyl adjacent to an activating group) is 1. The number of imidazole rings is 1. The zero-order chi connectivity index (χ0) is 11.2. The minimum absolute atomic E-state index is 0.00674. The molecule has 0 saturated carbocycles. The lowest BCUT2D eigenvalue weighted by Crippen LogP contribution is -2.56. The zero-order valence-corrected chi connectivity index (χ0v) is 9.50. The number of rotatable bonds is 2. The molecule has 1 aromatic heterocycles. The molecular formula is C12H15N3O. The first-order valence-corrected chi connectivity index (χ1v) is 5.47. The monoisotopic (exact) mass is 217 g/mol. The van der Waals surface area contributed by atoms with Gasteiger partial charge in [-0.2, -0.15) is 0 Å². The average molecular weight is 217 g/mol. The summed E-state index contributed by atoms with van der Waals surface area (Å²) in [6.45, 7) is 3.45. The molecule has 4 nitrogen and oxygen atoms in total. The number of hydrogen-bond donors (Lipinski definition) is 2. The Labute approximate surface area is 94.0 Å². The van der Waals surface area contributed by atoms with Crippen LogP contribution in [0.5, 0.6) is 0 Å². The molecule has 0 atom stereocenters. The summed E-state index contributed by atoms with van der Waals surface area (Å²) in [7, 11) is 1.98. The lowest BCUT2D eigenvalue weighted by molar-refractivity contribution is -0.0747. The highest BCUT2D eigenvalue weighted by molar-refractivity contribution is 5.76. The fourth-order valence-corrected chi connectivity index (χ4v) is 2.20. The number of fused-ring (bicyclic) bond motifs is 1. The topological polar surface area (TPSA) is 49.9 Å². The van der Waals surface area contributed by atoms with Crippen molar-refractivity contribution >= 4 is 11.0 Å². The Hall–Kier alpha value is -1.39. The summed E-state index contributed by atoms with van der Waals surface area (Å²) < 4.78 is 5.31. The maximum atomic E-state index is 5.31. The highest BCUT2D eigenvalue weighted by Crippen LogP contribution is 2.30. The van der Waals surface area contributed by atoms with Crippen LogP contribution < -0.4 is 5.32 Å². The molecule has 4 heteroatoms. The minimum Gasteiger partial charge on any atom is -0.377 e. The second-order valence-electron chi connectivity index (χ2n) is 4.38. The fraction of sp³-hybridized carbons (Fsp3) is 0.417. The standard InChI is InChI=1S/C12H15N3O/c1-8-14-10-4-3-9(5-11(10)15-8)12(13-2)6-16-7-12/h3-5,13H,6-7H2,1-2H3,(H,14,15). The molecule has 0 unspecified atom stereocenters. The maximum absolute atomic E-state index is 5.31. The van der Waals surface area contributed by atoms with Gasteiger partial charge in [0.1, 0.15) is 5.82 Å². The number of benzene rings is 1. The molecule has 0 radical (unpaired) electrons. The van der Waals surface area contributed by atoms with Crippen molar-refractivity contribution in [3.63, 3.8) is 0 Å². The van der Waals surface area contributed by atoms with Gasteiger partial charge in [-0.3, -0.25) is 0 Å². The number of nitrogens with zero attached hydrogens (tertiary/aromatic N) is 1. The molecule has 3 rings (SSSR count). The van der Waals surface area contributed by atoms with Gasteiger partial charge >= 0.3 is 0 Å². The van der Waals surface area contributed by atoms with Crippen LogP contribution in [0.1, 0.15) is 11.4 Å². The van der Waals surface area contributed by atoms with E-state index < -0.39 is 0 Å². The van der Waals surface area contributed by atoms with Crippen LogP contribution in [0, 0.1) is 6.92 Å². The van der Waals surface area contributed by atoms with Crippen LogP contribution in [0.4, 0.5) is 0 Å². The van der Waals surface area contributed by atoms with E-state index in [2.05, 4.69) is 33.5 Å². The minimum atomic E-state index is -0.00674. The van der Waals surface area contributed by atoms with Crippen LogP contribution in [0.25, 0.3) is 11.0 Å². The summed E-state index contributed by atoms with van der Waals surface area (Å²) in [5.41, 5.74) is 3.37. The zero-order valence-electron chi connectivity index (χ0n) is 9.50. The Morgan fingerprint density at radius 1 is 1.44 bits per heavy atom. The van der Waals surface area contributed by atoms with E-state index in [1.54, 1.807) is 0 Å². The van der Waals surface area contributed by atoms with Gasteiger partial charge in [-0.15, -0.1) is 0 Å². The summed E-state index contributed by atoms with van der Waals surface area (Å²) in [5.74, 6) is 0.954. The van der Waals surface area contributed by atoms with Gasteiger partial charge in [-0.05, 0) is 31.7 Å². The molecule has 0 bridgehead atoms. The Morgan fingerprint density at radius 3 is 2.88 bits per heavy atom. The number of aromatic nitrogens is 2. The summed E-state index contributed by atoms with van der Waals surface area (Å²) in [6, 6.07) is 6.35. The molecule has 2 aromatic rings. The highest BCUT2D eigenvalue weighted by atomic mass is 16.5. The molecule has 1 saturated heterocycles. The van der Waals surface area contributed by atoms with Gasteiger partial charge < -0.3 is 15.0 Å². The molecule has 1 aliphatic heterocycles. The first-order valence-electron chi connectivity index (χ1n) is 5.47. The third kappa shape index (κ3) is 1.27.